The van der Waals surface area contributed by atoms with Crippen LogP contribution in [-0.2, 0) is 6.42 Å². The van der Waals surface area contributed by atoms with E-state index in [2.05, 4.69) is 5.32 Å². The Labute approximate surface area is 100 Å². The molecule has 0 bridgehead atoms. The highest BCUT2D eigenvalue weighted by molar-refractivity contribution is 5.95. The van der Waals surface area contributed by atoms with Crippen LogP contribution in [0.25, 0.3) is 0 Å². The van der Waals surface area contributed by atoms with Gasteiger partial charge in [0, 0.05) is 12.6 Å². The van der Waals surface area contributed by atoms with E-state index < -0.39 is 0 Å². The molecule has 1 aliphatic carbocycles. The number of benzene rings is 1. The van der Waals surface area contributed by atoms with E-state index in [4.69, 9.17) is 0 Å². The molecule has 0 spiro atoms. The van der Waals surface area contributed by atoms with Crippen molar-refractivity contribution in [2.75, 3.05) is 11.4 Å². The fourth-order valence-corrected chi connectivity index (χ4v) is 2.31. The van der Waals surface area contributed by atoms with E-state index in [9.17, 15) is 9.90 Å². The van der Waals surface area contributed by atoms with Gasteiger partial charge in [-0.15, -0.1) is 0 Å². The third-order valence-electron chi connectivity index (χ3n) is 3.35. The number of aromatic hydroxyl groups is 1. The monoisotopic (exact) mass is 232 g/mol. The Morgan fingerprint density at radius 1 is 1.41 bits per heavy atom. The van der Waals surface area contributed by atoms with Crippen LogP contribution in [0.5, 0.6) is 5.75 Å². The molecular formula is C13H16N2O2. The minimum Gasteiger partial charge on any atom is -0.506 e. The van der Waals surface area contributed by atoms with Gasteiger partial charge in [0.15, 0.2) is 0 Å². The first-order chi connectivity index (χ1) is 8.25. The summed E-state index contributed by atoms with van der Waals surface area (Å²) in [5.41, 5.74) is 1.75. The number of phenols is 1. The highest BCUT2D eigenvalue weighted by atomic mass is 16.3. The maximum atomic E-state index is 12.1. The number of hydrogen-bond donors (Lipinski definition) is 2. The maximum absolute atomic E-state index is 12.1. The van der Waals surface area contributed by atoms with Gasteiger partial charge in [-0.2, -0.15) is 0 Å². The molecule has 0 aromatic heterocycles. The molecule has 0 atom stereocenters. The summed E-state index contributed by atoms with van der Waals surface area (Å²) in [6, 6.07) is 5.72. The Morgan fingerprint density at radius 3 is 3.00 bits per heavy atom. The minimum absolute atomic E-state index is 0.0741. The summed E-state index contributed by atoms with van der Waals surface area (Å²) in [7, 11) is 0. The Morgan fingerprint density at radius 2 is 2.24 bits per heavy atom. The minimum atomic E-state index is -0.0741. The van der Waals surface area contributed by atoms with E-state index in [1.165, 1.54) is 0 Å². The summed E-state index contributed by atoms with van der Waals surface area (Å²) in [5, 5.41) is 12.9. The molecule has 3 rings (SSSR count). The molecule has 1 aliphatic heterocycles. The molecule has 0 radical (unpaired) electrons. The second-order valence-corrected chi connectivity index (χ2v) is 4.76. The number of para-hydroxylation sites is 1. The molecule has 17 heavy (non-hydrogen) atoms. The van der Waals surface area contributed by atoms with Gasteiger partial charge in [-0.05, 0) is 37.3 Å². The predicted molar refractivity (Wildman–Crippen MR) is 65.3 cm³/mol. The van der Waals surface area contributed by atoms with Crippen LogP contribution < -0.4 is 10.2 Å². The molecule has 0 unspecified atom stereocenters. The van der Waals surface area contributed by atoms with E-state index in [-0.39, 0.29) is 11.8 Å². The average Bonchev–Trinajstić information content (AvgIpc) is 3.12. The first-order valence-electron chi connectivity index (χ1n) is 6.14. The Kier molecular flexibility index (Phi) is 2.42. The molecule has 1 fully saturated rings. The molecule has 90 valence electrons. The van der Waals surface area contributed by atoms with Gasteiger partial charge in [0.05, 0.1) is 5.69 Å². The van der Waals surface area contributed by atoms with Crippen molar-refractivity contribution < 1.29 is 9.90 Å². The van der Waals surface area contributed by atoms with Gasteiger partial charge in [-0.1, -0.05) is 12.1 Å². The number of carbonyl (C=O) groups excluding carboxylic acids is 1. The summed E-state index contributed by atoms with van der Waals surface area (Å²) >= 11 is 0. The second kappa shape index (κ2) is 3.95. The number of urea groups is 1. The van der Waals surface area contributed by atoms with Crippen molar-refractivity contribution in [2.45, 2.75) is 31.7 Å². The van der Waals surface area contributed by atoms with Gasteiger partial charge < -0.3 is 10.4 Å². The molecule has 2 N–H and O–H groups in total. The van der Waals surface area contributed by atoms with Crippen LogP contribution >= 0.6 is 0 Å². The smallest absolute Gasteiger partial charge is 0.322 e. The number of nitrogens with one attached hydrogen (secondary N) is 1. The lowest BCUT2D eigenvalue weighted by atomic mass is 10.0. The summed E-state index contributed by atoms with van der Waals surface area (Å²) < 4.78 is 0. The number of aryl methyl sites for hydroxylation is 1. The van der Waals surface area contributed by atoms with Crippen molar-refractivity contribution >= 4 is 11.7 Å². The van der Waals surface area contributed by atoms with Gasteiger partial charge in [0.1, 0.15) is 5.75 Å². The molecule has 1 heterocycles. The van der Waals surface area contributed by atoms with E-state index >= 15 is 0 Å². The van der Waals surface area contributed by atoms with Crippen LogP contribution in [0.3, 0.4) is 0 Å². The Balaban J connectivity index is 1.89. The van der Waals surface area contributed by atoms with Crippen LogP contribution in [-0.4, -0.2) is 23.7 Å². The van der Waals surface area contributed by atoms with Crippen LogP contribution in [0.1, 0.15) is 24.8 Å². The molecule has 1 aromatic rings. The normalized spacial score (nSPS) is 18.7. The zero-order valence-electron chi connectivity index (χ0n) is 9.65. The fraction of sp³-hybridized carbons (Fsp3) is 0.462. The SMILES string of the molecule is O=C(NC1CC1)N1CCCc2cccc(O)c21. The Hall–Kier alpha value is -1.71. The number of hydrogen-bond acceptors (Lipinski definition) is 2. The Bertz CT molecular complexity index is 455. The quantitative estimate of drug-likeness (QED) is 0.778. The molecule has 1 aromatic carbocycles. The van der Waals surface area contributed by atoms with Crippen molar-refractivity contribution in [3.63, 3.8) is 0 Å². The van der Waals surface area contributed by atoms with Crippen molar-refractivity contribution in [1.29, 1.82) is 0 Å². The van der Waals surface area contributed by atoms with Crippen LogP contribution in [0.4, 0.5) is 10.5 Å². The fourth-order valence-electron chi connectivity index (χ4n) is 2.31. The third kappa shape index (κ3) is 1.95. The van der Waals surface area contributed by atoms with Crippen molar-refractivity contribution in [2.24, 2.45) is 0 Å². The van der Waals surface area contributed by atoms with Crippen LogP contribution in [0.15, 0.2) is 18.2 Å². The van der Waals surface area contributed by atoms with Gasteiger partial charge in [-0.3, -0.25) is 4.90 Å². The van der Waals surface area contributed by atoms with E-state index in [0.717, 1.165) is 31.2 Å². The number of fused-ring (bicyclic) bond motifs is 1. The average molecular weight is 232 g/mol. The molecule has 2 aliphatic rings. The molecule has 1 saturated carbocycles. The number of amides is 2. The van der Waals surface area contributed by atoms with Crippen molar-refractivity contribution in [3.05, 3.63) is 23.8 Å². The molecular weight excluding hydrogens is 216 g/mol. The van der Waals surface area contributed by atoms with Crippen LogP contribution in [0.2, 0.25) is 0 Å². The van der Waals surface area contributed by atoms with E-state index in [1.807, 2.05) is 12.1 Å². The first-order valence-corrected chi connectivity index (χ1v) is 6.14. The van der Waals surface area contributed by atoms with E-state index in [1.54, 1.807) is 11.0 Å². The molecule has 0 saturated heterocycles. The largest absolute Gasteiger partial charge is 0.506 e. The standard InChI is InChI=1S/C13H16N2O2/c16-11-5-1-3-9-4-2-8-15(12(9)11)13(17)14-10-6-7-10/h1,3,5,10,16H,2,4,6-8H2,(H,14,17). The summed E-state index contributed by atoms with van der Waals surface area (Å²) in [4.78, 5) is 13.7. The predicted octanol–water partition coefficient (Wildman–Crippen LogP) is 2.02. The number of phenolic OH excluding ortho intramolecular Hbond substituents is 1. The highest BCUT2D eigenvalue weighted by Gasteiger charge is 2.29. The maximum Gasteiger partial charge on any atom is 0.322 e. The van der Waals surface area contributed by atoms with Gasteiger partial charge in [0.25, 0.3) is 0 Å². The lowest BCUT2D eigenvalue weighted by molar-refractivity contribution is 0.245. The summed E-state index contributed by atoms with van der Waals surface area (Å²) in [5.74, 6) is 0.202. The number of rotatable bonds is 1. The second-order valence-electron chi connectivity index (χ2n) is 4.76. The summed E-state index contributed by atoms with van der Waals surface area (Å²) in [6.45, 7) is 0.684. The van der Waals surface area contributed by atoms with Crippen LogP contribution in [0, 0.1) is 0 Å². The first kappa shape index (κ1) is 10.4. The number of nitrogens with zero attached hydrogens (tertiary/aromatic N) is 1. The lowest BCUT2D eigenvalue weighted by Crippen LogP contribution is -2.43. The highest BCUT2D eigenvalue weighted by Crippen LogP contribution is 2.35. The topological polar surface area (TPSA) is 52.6 Å². The van der Waals surface area contributed by atoms with Crippen molar-refractivity contribution in [1.82, 2.24) is 5.32 Å². The zero-order valence-corrected chi connectivity index (χ0v) is 9.65. The number of carbonyl (C=O) groups is 1. The van der Waals surface area contributed by atoms with Gasteiger partial charge in [0.2, 0.25) is 0 Å². The van der Waals surface area contributed by atoms with E-state index in [0.29, 0.717) is 18.3 Å². The lowest BCUT2D eigenvalue weighted by Gasteiger charge is -2.30. The van der Waals surface area contributed by atoms with Gasteiger partial charge >= 0.3 is 6.03 Å². The van der Waals surface area contributed by atoms with Gasteiger partial charge in [-0.25, -0.2) is 4.79 Å². The zero-order chi connectivity index (χ0) is 11.8. The molecule has 4 heteroatoms. The molecule has 4 nitrogen and oxygen atoms in total. The number of anilines is 1. The summed E-state index contributed by atoms with van der Waals surface area (Å²) in [6.07, 6.45) is 4.03. The molecule has 2 amide bonds. The third-order valence-corrected chi connectivity index (χ3v) is 3.35. The van der Waals surface area contributed by atoms with Crippen molar-refractivity contribution in [3.8, 4) is 5.75 Å².